The van der Waals surface area contributed by atoms with Crippen LogP contribution in [0, 0.1) is 0 Å². The minimum absolute atomic E-state index is 0. The molecular formula is C30H23ClCuN4O14S4. The van der Waals surface area contributed by atoms with E-state index in [0.29, 0.717) is 11.6 Å². The Morgan fingerprint density at radius 1 is 0.741 bits per heavy atom. The zero-order chi connectivity index (χ0) is 39.3. The molecular weight excluding hydrogens is 868 g/mol. The number of nitrogens with one attached hydrogen (secondary N) is 1. The number of nitrogen functional groups attached to an aromatic ring is 1. The summed E-state index contributed by atoms with van der Waals surface area (Å²) in [7, 11) is -19.8. The largest absolute Gasteiger partial charge is 2.00 e. The van der Waals surface area contributed by atoms with E-state index in [4.69, 9.17) is 17.3 Å². The Balaban J connectivity index is 0.00000406. The molecule has 0 unspecified atom stereocenters. The van der Waals surface area contributed by atoms with Gasteiger partial charge in [0.1, 0.15) is 30.4 Å². The van der Waals surface area contributed by atoms with E-state index < -0.39 is 106 Å². The summed E-state index contributed by atoms with van der Waals surface area (Å²) in [6.45, 7) is 0. The molecule has 0 aromatic heterocycles. The Morgan fingerprint density at radius 2 is 1.31 bits per heavy atom. The van der Waals surface area contributed by atoms with E-state index in [1.807, 2.05) is 0 Å². The second-order valence-electron chi connectivity index (χ2n) is 11.1. The van der Waals surface area contributed by atoms with Crippen LogP contribution >= 0.6 is 11.6 Å². The van der Waals surface area contributed by atoms with Crippen LogP contribution in [0.4, 0.5) is 22.7 Å². The molecule has 0 fully saturated rings. The Hall–Kier alpha value is -4.42. The minimum atomic E-state index is -5.51. The molecule has 0 saturated heterocycles. The third kappa shape index (κ3) is 8.92. The van der Waals surface area contributed by atoms with Crippen molar-refractivity contribution in [3.63, 3.8) is 0 Å². The maximum Gasteiger partial charge on any atom is 2.00 e. The summed E-state index contributed by atoms with van der Waals surface area (Å²) in [6, 6.07) is 11.2. The fourth-order valence-corrected chi connectivity index (χ4v) is 9.06. The maximum absolute atomic E-state index is 13.3. The van der Waals surface area contributed by atoms with Gasteiger partial charge < -0.3 is 34.9 Å². The molecule has 0 atom stereocenters. The van der Waals surface area contributed by atoms with E-state index in [9.17, 15) is 62.3 Å². The first-order chi connectivity index (χ1) is 24.5. The molecule has 5 aromatic carbocycles. The molecule has 0 spiro atoms. The number of alkyl halides is 1. The van der Waals surface area contributed by atoms with Gasteiger partial charge in [-0.05, 0) is 48.0 Å². The number of nitrogens with two attached hydrogens (primary N) is 1. The van der Waals surface area contributed by atoms with Crippen molar-refractivity contribution in [3.05, 3.63) is 77.9 Å². The van der Waals surface area contributed by atoms with Gasteiger partial charge in [0.15, 0.2) is 9.84 Å². The molecule has 0 aliphatic heterocycles. The first-order valence-electron chi connectivity index (χ1n) is 14.3. The van der Waals surface area contributed by atoms with E-state index >= 15 is 0 Å². The van der Waals surface area contributed by atoms with E-state index in [2.05, 4.69) is 15.5 Å². The number of nitrogens with zero attached hydrogens (tertiary/aromatic N) is 2. The number of fused-ring (bicyclic) bond motifs is 2. The van der Waals surface area contributed by atoms with Crippen molar-refractivity contribution < 1.29 is 83.7 Å². The Labute approximate surface area is 326 Å². The normalized spacial score (nSPS) is 12.6. The van der Waals surface area contributed by atoms with E-state index in [1.54, 1.807) is 0 Å². The number of halogens is 1. The van der Waals surface area contributed by atoms with E-state index in [1.165, 1.54) is 30.3 Å². The van der Waals surface area contributed by atoms with Gasteiger partial charge in [0.25, 0.3) is 5.91 Å². The third-order valence-electron chi connectivity index (χ3n) is 7.55. The van der Waals surface area contributed by atoms with Gasteiger partial charge in [-0.2, -0.15) is 10.2 Å². The first kappa shape index (κ1) is 42.3. The van der Waals surface area contributed by atoms with Crippen molar-refractivity contribution in [2.45, 2.75) is 20.4 Å². The standard InChI is InChI=1S/C30H25ClN4O14S4.Cu/c31-9-10-50(39,40)14-15-1-3-16(4-2-15)30(38)33-17-5-6-18-20(11-17)23(51(41,42)43)12-22(36)28(18)35-34-21-8-7-19-24(52(44,45)46)13-25(53(47,48)49)27(32)26(19)29(21)37;/h1-8,11-13,36-37H,9-10,14,32H2,(H,33,38)(H,41,42,43)(H,44,45,46)(H,47,48,49);/q;+2/p-2. The minimum Gasteiger partial charge on any atom is -0.871 e. The van der Waals surface area contributed by atoms with E-state index in [0.717, 1.165) is 24.3 Å². The van der Waals surface area contributed by atoms with Crippen LogP contribution in [0.3, 0.4) is 0 Å². The zero-order valence-electron chi connectivity index (χ0n) is 29.5. The Bertz CT molecular complexity index is 2850. The zero-order valence-corrected chi connectivity index (χ0v) is 31.4. The van der Waals surface area contributed by atoms with Crippen molar-refractivity contribution in [1.82, 2.24) is 0 Å². The van der Waals surface area contributed by atoms with Crippen LogP contribution in [0.1, 0.15) is 20.2 Å². The number of anilines is 2. The molecule has 18 nitrogen and oxygen atoms in total. The quantitative estimate of drug-likeness (QED) is 0.0633. The number of rotatable bonds is 11. The summed E-state index contributed by atoms with van der Waals surface area (Å²) in [4.78, 5) is 9.34. The predicted octanol–water partition coefficient (Wildman–Crippen LogP) is 2.59. The summed E-state index contributed by atoms with van der Waals surface area (Å²) >= 11 is 5.51. The number of amides is 1. The van der Waals surface area contributed by atoms with Gasteiger partial charge >= 0.3 is 21.3 Å². The smallest absolute Gasteiger partial charge is 0.871 e. The molecule has 1 amide bonds. The summed E-state index contributed by atoms with van der Waals surface area (Å²) in [5.41, 5.74) is 3.78. The first-order valence-corrected chi connectivity index (χ1v) is 20.9. The molecule has 289 valence electrons. The Kier molecular flexibility index (Phi) is 12.0. The van der Waals surface area contributed by atoms with Gasteiger partial charge in [0, 0.05) is 38.7 Å². The van der Waals surface area contributed by atoms with Gasteiger partial charge in [-0.3, -0.25) is 4.79 Å². The molecule has 24 heteroatoms. The van der Waals surface area contributed by atoms with Gasteiger partial charge in [-0.1, -0.05) is 35.8 Å². The second kappa shape index (κ2) is 15.4. The van der Waals surface area contributed by atoms with Crippen molar-refractivity contribution >= 4 is 102 Å². The number of benzene rings is 5. The van der Waals surface area contributed by atoms with Crippen LogP contribution in [0.15, 0.2) is 91.6 Å². The van der Waals surface area contributed by atoms with Gasteiger partial charge in [-0.15, -0.1) is 11.6 Å². The molecule has 0 aliphatic carbocycles. The van der Waals surface area contributed by atoms with Crippen molar-refractivity contribution in [3.8, 4) is 11.5 Å². The second-order valence-corrected chi connectivity index (χ2v) is 17.7. The summed E-state index contributed by atoms with van der Waals surface area (Å²) in [5.74, 6) is -3.87. The van der Waals surface area contributed by atoms with Crippen LogP contribution in [0.25, 0.3) is 21.5 Å². The SMILES string of the molecule is Nc1c(S(=O)(=O)[O-])cc(S(=O)(=O)[O-])c2ccc(N=Nc3c([O-])cc(S(=O)(=O)[O-])c4cc(NC(=O)c5ccc(CS(=O)(=O)CCCl)cc5)ccc34)c([O-])c12.[Cu+2].[H+].[H+].[H+]. The van der Waals surface area contributed by atoms with Crippen molar-refractivity contribution in [1.29, 1.82) is 0 Å². The Morgan fingerprint density at radius 3 is 1.89 bits per heavy atom. The average Bonchev–Trinajstić information content (AvgIpc) is 3.03. The third-order valence-corrected chi connectivity index (χ3v) is 12.2. The summed E-state index contributed by atoms with van der Waals surface area (Å²) < 4.78 is 131. The van der Waals surface area contributed by atoms with Crippen LogP contribution in [-0.2, 0) is 63.0 Å². The average molecular weight is 891 g/mol. The van der Waals surface area contributed by atoms with Crippen molar-refractivity contribution in [2.24, 2.45) is 10.2 Å². The fourth-order valence-electron chi connectivity index (χ4n) is 5.18. The van der Waals surface area contributed by atoms with Gasteiger partial charge in [-0.25, -0.2) is 33.7 Å². The molecule has 1 radical (unpaired) electrons. The maximum atomic E-state index is 13.3. The summed E-state index contributed by atoms with van der Waals surface area (Å²) in [5, 5.41) is 34.0. The van der Waals surface area contributed by atoms with Crippen LogP contribution in [0.2, 0.25) is 0 Å². The molecule has 0 bridgehead atoms. The molecule has 3 N–H and O–H groups in total. The van der Waals surface area contributed by atoms with Gasteiger partial charge in [0.05, 0.1) is 43.3 Å². The number of hydrogen-bond acceptors (Lipinski definition) is 17. The van der Waals surface area contributed by atoms with Crippen LogP contribution < -0.4 is 21.3 Å². The monoisotopic (exact) mass is 889 g/mol. The van der Waals surface area contributed by atoms with E-state index in [-0.39, 0.29) is 61.4 Å². The molecule has 0 saturated carbocycles. The summed E-state index contributed by atoms with van der Waals surface area (Å²) in [6.07, 6.45) is 0. The predicted molar refractivity (Wildman–Crippen MR) is 185 cm³/mol. The number of carbonyl (C=O) groups is 1. The number of hydrogen-bond donors (Lipinski definition) is 2. The van der Waals surface area contributed by atoms with Crippen LogP contribution in [0.5, 0.6) is 11.5 Å². The number of sulfone groups is 1. The fraction of sp³-hybridized carbons (Fsp3) is 0.100. The van der Waals surface area contributed by atoms with Gasteiger partial charge in [0.2, 0.25) is 0 Å². The molecule has 0 heterocycles. The van der Waals surface area contributed by atoms with Crippen LogP contribution in [-0.4, -0.2) is 64.9 Å². The molecule has 54 heavy (non-hydrogen) atoms. The topological polar surface area (TPSA) is 332 Å². The molecule has 0 aliphatic rings. The number of carbonyl (C=O) groups excluding carboxylic acids is 1. The molecule has 5 aromatic rings. The molecule has 5 rings (SSSR count). The van der Waals surface area contributed by atoms with Crippen molar-refractivity contribution in [2.75, 3.05) is 22.7 Å². The number of azo groups is 1.